The number of aryl methyl sites for hydroxylation is 1. The first kappa shape index (κ1) is 18.3. The van der Waals surface area contributed by atoms with Gasteiger partial charge in [-0.05, 0) is 30.3 Å². The molecule has 1 heterocycles. The molecule has 0 spiro atoms. The second-order valence-electron chi connectivity index (χ2n) is 5.97. The summed E-state index contributed by atoms with van der Waals surface area (Å²) in [7, 11) is 1.54. The van der Waals surface area contributed by atoms with E-state index in [4.69, 9.17) is 4.42 Å². The Morgan fingerprint density at radius 2 is 1.63 bits per heavy atom. The summed E-state index contributed by atoms with van der Waals surface area (Å²) >= 11 is 0. The van der Waals surface area contributed by atoms with Crippen LogP contribution in [-0.2, 0) is 11.2 Å². The molecule has 1 aromatic heterocycles. The first-order valence-electron chi connectivity index (χ1n) is 8.67. The van der Waals surface area contributed by atoms with Gasteiger partial charge in [0.05, 0.1) is 0 Å². The lowest BCUT2D eigenvalue weighted by Gasteiger charge is -2.08. The fourth-order valence-corrected chi connectivity index (χ4v) is 2.60. The van der Waals surface area contributed by atoms with Crippen molar-refractivity contribution in [1.82, 2.24) is 5.32 Å². The average Bonchev–Trinajstić information content (AvgIpc) is 3.16. The highest BCUT2D eigenvalue weighted by atomic mass is 16.3. The zero-order valence-electron chi connectivity index (χ0n) is 15.0. The number of hydrogen-bond acceptors (Lipinski definition) is 3. The van der Waals surface area contributed by atoms with E-state index in [9.17, 15) is 9.59 Å². The topological polar surface area (TPSA) is 83.4 Å². The summed E-state index contributed by atoms with van der Waals surface area (Å²) in [6.45, 7) is 0. The van der Waals surface area contributed by atoms with Gasteiger partial charge < -0.3 is 20.4 Å². The third kappa shape index (κ3) is 5.22. The lowest BCUT2D eigenvalue weighted by molar-refractivity contribution is -0.116. The van der Waals surface area contributed by atoms with Crippen LogP contribution in [0, 0.1) is 0 Å². The molecule has 3 N–H and O–H groups in total. The molecule has 0 radical (unpaired) electrons. The van der Waals surface area contributed by atoms with Gasteiger partial charge in [0.1, 0.15) is 11.5 Å². The van der Waals surface area contributed by atoms with Gasteiger partial charge in [0.2, 0.25) is 5.91 Å². The number of furan rings is 1. The van der Waals surface area contributed by atoms with Gasteiger partial charge in [-0.3, -0.25) is 4.79 Å². The van der Waals surface area contributed by atoms with Crippen molar-refractivity contribution in [2.45, 2.75) is 12.8 Å². The molecule has 0 aliphatic rings. The van der Waals surface area contributed by atoms with Crippen LogP contribution < -0.4 is 16.0 Å². The fourth-order valence-electron chi connectivity index (χ4n) is 2.60. The Hall–Kier alpha value is -3.54. The van der Waals surface area contributed by atoms with Crippen molar-refractivity contribution in [2.75, 3.05) is 17.7 Å². The van der Waals surface area contributed by atoms with Crippen LogP contribution in [0.15, 0.2) is 71.1 Å². The van der Waals surface area contributed by atoms with Crippen LogP contribution in [0.25, 0.3) is 11.3 Å². The van der Waals surface area contributed by atoms with Crippen LogP contribution in [-0.4, -0.2) is 19.0 Å². The van der Waals surface area contributed by atoms with Crippen LogP contribution >= 0.6 is 0 Å². The summed E-state index contributed by atoms with van der Waals surface area (Å²) in [5.41, 5.74) is 2.23. The van der Waals surface area contributed by atoms with E-state index in [2.05, 4.69) is 16.0 Å². The van der Waals surface area contributed by atoms with Crippen molar-refractivity contribution in [3.63, 3.8) is 0 Å². The van der Waals surface area contributed by atoms with E-state index in [1.807, 2.05) is 42.5 Å². The smallest absolute Gasteiger partial charge is 0.318 e. The van der Waals surface area contributed by atoms with Gasteiger partial charge in [-0.1, -0.05) is 36.4 Å². The van der Waals surface area contributed by atoms with Gasteiger partial charge in [-0.25, -0.2) is 4.79 Å². The lowest BCUT2D eigenvalue weighted by atomic mass is 10.2. The van der Waals surface area contributed by atoms with Gasteiger partial charge in [-0.2, -0.15) is 0 Å². The predicted molar refractivity (Wildman–Crippen MR) is 106 cm³/mol. The van der Waals surface area contributed by atoms with Crippen molar-refractivity contribution in [1.29, 1.82) is 0 Å². The number of urea groups is 1. The molecule has 0 saturated heterocycles. The maximum absolute atomic E-state index is 12.2. The fraction of sp³-hybridized carbons (Fsp3) is 0.143. The number of anilines is 2. The van der Waals surface area contributed by atoms with Gasteiger partial charge in [0.25, 0.3) is 0 Å². The third-order valence-electron chi connectivity index (χ3n) is 3.95. The summed E-state index contributed by atoms with van der Waals surface area (Å²) in [5, 5.41) is 7.97. The van der Waals surface area contributed by atoms with E-state index in [0.29, 0.717) is 24.2 Å². The van der Waals surface area contributed by atoms with Crippen molar-refractivity contribution in [3.05, 3.63) is 72.5 Å². The normalized spacial score (nSPS) is 10.3. The van der Waals surface area contributed by atoms with Crippen LogP contribution in [0.4, 0.5) is 16.2 Å². The van der Waals surface area contributed by atoms with Gasteiger partial charge in [0.15, 0.2) is 0 Å². The largest absolute Gasteiger partial charge is 0.461 e. The number of hydrogen-bond donors (Lipinski definition) is 3. The number of nitrogens with one attached hydrogen (secondary N) is 3. The molecule has 3 amide bonds. The molecule has 0 aliphatic heterocycles. The van der Waals surface area contributed by atoms with Gasteiger partial charge in [-0.15, -0.1) is 0 Å². The van der Waals surface area contributed by atoms with E-state index in [0.717, 1.165) is 17.1 Å². The van der Waals surface area contributed by atoms with Gasteiger partial charge >= 0.3 is 6.03 Å². The molecule has 2 aromatic carbocycles. The van der Waals surface area contributed by atoms with E-state index in [1.54, 1.807) is 31.3 Å². The van der Waals surface area contributed by atoms with E-state index < -0.39 is 0 Å². The highest BCUT2D eigenvalue weighted by molar-refractivity contribution is 5.93. The maximum atomic E-state index is 12.2. The summed E-state index contributed by atoms with van der Waals surface area (Å²) in [6.07, 6.45) is 0.809. The Morgan fingerprint density at radius 3 is 2.37 bits per heavy atom. The molecule has 6 nitrogen and oxygen atoms in total. The van der Waals surface area contributed by atoms with E-state index in [-0.39, 0.29) is 11.9 Å². The van der Waals surface area contributed by atoms with Crippen molar-refractivity contribution >= 4 is 23.3 Å². The molecular weight excluding hydrogens is 342 g/mol. The van der Waals surface area contributed by atoms with Crippen LogP contribution in [0.2, 0.25) is 0 Å². The van der Waals surface area contributed by atoms with Crippen LogP contribution in [0.5, 0.6) is 0 Å². The standard InChI is InChI=1S/C21H21N3O3/c1-22-21(26)24-17-9-5-8-16(14-17)23-20(25)13-11-18-10-12-19(27-18)15-6-3-2-4-7-15/h2-10,12,14H,11,13H2,1H3,(H,23,25)(H2,22,24,26). The Kier molecular flexibility index (Phi) is 5.89. The predicted octanol–water partition coefficient (Wildman–Crippen LogP) is 4.27. The number of carbonyl (C=O) groups excluding carboxylic acids is 2. The lowest BCUT2D eigenvalue weighted by Crippen LogP contribution is -2.24. The Labute approximate surface area is 157 Å². The zero-order chi connectivity index (χ0) is 19.1. The first-order chi connectivity index (χ1) is 13.1. The maximum Gasteiger partial charge on any atom is 0.318 e. The number of amides is 3. The van der Waals surface area contributed by atoms with Crippen molar-refractivity contribution < 1.29 is 14.0 Å². The molecule has 27 heavy (non-hydrogen) atoms. The number of carbonyl (C=O) groups is 2. The summed E-state index contributed by atoms with van der Waals surface area (Å²) in [5.74, 6) is 1.43. The molecule has 0 bridgehead atoms. The second-order valence-corrected chi connectivity index (χ2v) is 5.97. The van der Waals surface area contributed by atoms with Crippen LogP contribution in [0.1, 0.15) is 12.2 Å². The Balaban J connectivity index is 1.54. The minimum absolute atomic E-state index is 0.121. The Morgan fingerprint density at radius 1 is 0.889 bits per heavy atom. The summed E-state index contributed by atoms with van der Waals surface area (Å²) < 4.78 is 5.81. The second kappa shape index (κ2) is 8.71. The highest BCUT2D eigenvalue weighted by Crippen LogP contribution is 2.22. The Bertz CT molecular complexity index is 919. The molecule has 0 saturated carbocycles. The quantitative estimate of drug-likeness (QED) is 0.611. The average molecular weight is 363 g/mol. The summed E-state index contributed by atoms with van der Waals surface area (Å²) in [6, 6.07) is 20.3. The minimum atomic E-state index is -0.314. The molecular formula is C21H21N3O3. The first-order valence-corrected chi connectivity index (χ1v) is 8.67. The zero-order valence-corrected chi connectivity index (χ0v) is 15.0. The monoisotopic (exact) mass is 363 g/mol. The SMILES string of the molecule is CNC(=O)Nc1cccc(NC(=O)CCc2ccc(-c3ccccc3)o2)c1. The van der Waals surface area contributed by atoms with Gasteiger partial charge in [0, 0.05) is 36.8 Å². The molecule has 0 unspecified atom stereocenters. The molecule has 0 atom stereocenters. The number of rotatable bonds is 6. The third-order valence-corrected chi connectivity index (χ3v) is 3.95. The van der Waals surface area contributed by atoms with Crippen LogP contribution in [0.3, 0.4) is 0 Å². The molecule has 3 aromatic rings. The van der Waals surface area contributed by atoms with E-state index >= 15 is 0 Å². The molecule has 0 fully saturated rings. The van der Waals surface area contributed by atoms with Crippen molar-refractivity contribution in [2.24, 2.45) is 0 Å². The minimum Gasteiger partial charge on any atom is -0.461 e. The molecule has 6 heteroatoms. The number of benzene rings is 2. The molecule has 3 rings (SSSR count). The molecule has 138 valence electrons. The highest BCUT2D eigenvalue weighted by Gasteiger charge is 2.08. The summed E-state index contributed by atoms with van der Waals surface area (Å²) in [4.78, 5) is 23.6. The van der Waals surface area contributed by atoms with Crippen molar-refractivity contribution in [3.8, 4) is 11.3 Å². The van der Waals surface area contributed by atoms with E-state index in [1.165, 1.54) is 0 Å². The molecule has 0 aliphatic carbocycles.